The van der Waals surface area contributed by atoms with Crippen LogP contribution in [0.2, 0.25) is 0 Å². The van der Waals surface area contributed by atoms with Gasteiger partial charge >= 0.3 is 5.97 Å². The summed E-state index contributed by atoms with van der Waals surface area (Å²) in [6, 6.07) is -1.24. The lowest BCUT2D eigenvalue weighted by Crippen LogP contribution is -2.99. The number of aliphatic hydroxyl groups is 1. The molecule has 0 aliphatic carbocycles. The smallest absolute Gasteiger partial charge is 0.326 e. The Balaban J connectivity index is 1.77. The second-order valence-electron chi connectivity index (χ2n) is 15.6. The van der Waals surface area contributed by atoms with Crippen molar-refractivity contribution in [2.24, 2.45) is 0 Å². The maximum Gasteiger partial charge on any atom is 0.326 e. The van der Waals surface area contributed by atoms with E-state index >= 15 is 0 Å². The molecule has 3 rings (SSSR count). The monoisotopic (exact) mass is 871 g/mol. The SMILES string of the molecule is CCCCCCCCCCCC(=O)N(C)C(CO)C(=O)NC(C)C(=O)NCC(=O)N(C)C1C(=O)NC(C)C(=O)NC(C(=O)O)Cc2cc(c(O)c([NH+]([O-])O)c2)-c2cc1ccc2O. The van der Waals surface area contributed by atoms with Crippen molar-refractivity contribution in [1.82, 2.24) is 31.1 Å². The fourth-order valence-electron chi connectivity index (χ4n) is 7.04. The van der Waals surface area contributed by atoms with Gasteiger partial charge in [-0.3, -0.25) is 28.8 Å². The average Bonchev–Trinajstić information content (AvgIpc) is 3.22. The fraction of sp³-hybridized carbons (Fsp3) is 0.548. The highest BCUT2D eigenvalue weighted by Crippen LogP contribution is 2.41. The van der Waals surface area contributed by atoms with Gasteiger partial charge in [-0.05, 0) is 49.6 Å². The number of unbranched alkanes of at least 4 members (excludes halogenated alkanes) is 8. The Morgan fingerprint density at radius 1 is 0.887 bits per heavy atom. The van der Waals surface area contributed by atoms with E-state index < -0.39 is 108 Å². The lowest BCUT2D eigenvalue weighted by atomic mass is 9.93. The number of likely N-dealkylation sites (N-methyl/N-ethyl adjacent to an activating group) is 2. The van der Waals surface area contributed by atoms with Crippen LogP contribution in [-0.2, 0) is 40.0 Å². The molecular formula is C42H61N7O13. The van der Waals surface area contributed by atoms with E-state index in [0.29, 0.717) is 6.42 Å². The van der Waals surface area contributed by atoms with Gasteiger partial charge in [-0.15, -0.1) is 0 Å². The molecule has 62 heavy (non-hydrogen) atoms. The van der Waals surface area contributed by atoms with Crippen LogP contribution in [0.5, 0.6) is 11.5 Å². The molecule has 0 saturated carbocycles. The van der Waals surface area contributed by atoms with Crippen LogP contribution in [0.1, 0.15) is 102 Å². The number of fused-ring (bicyclic) bond motifs is 5. The number of hydrogen-bond acceptors (Lipinski definition) is 12. The molecule has 0 saturated heterocycles. The zero-order valence-electron chi connectivity index (χ0n) is 35.9. The molecule has 1 aliphatic rings. The minimum atomic E-state index is -1.62. The van der Waals surface area contributed by atoms with Gasteiger partial charge in [0, 0.05) is 44.1 Å². The molecular weight excluding hydrogens is 810 g/mol. The third-order valence-corrected chi connectivity index (χ3v) is 10.9. The van der Waals surface area contributed by atoms with Crippen LogP contribution < -0.4 is 26.5 Å². The Kier molecular flexibility index (Phi) is 19.5. The van der Waals surface area contributed by atoms with E-state index in [1.165, 1.54) is 71.8 Å². The lowest BCUT2D eigenvalue weighted by molar-refractivity contribution is -0.991. The van der Waals surface area contributed by atoms with Crippen molar-refractivity contribution >= 4 is 47.1 Å². The third kappa shape index (κ3) is 13.8. The largest absolute Gasteiger partial charge is 0.595 e. The Bertz CT molecular complexity index is 1930. The number of hydrogen-bond donors (Lipinski definition) is 10. The number of aliphatic carboxylic acids is 1. The highest BCUT2D eigenvalue weighted by molar-refractivity contribution is 5.96. The van der Waals surface area contributed by atoms with E-state index in [-0.39, 0.29) is 34.6 Å². The van der Waals surface area contributed by atoms with Gasteiger partial charge in [0.1, 0.15) is 36.0 Å². The summed E-state index contributed by atoms with van der Waals surface area (Å²) in [5, 5.41) is 71.7. The van der Waals surface area contributed by atoms with Crippen molar-refractivity contribution in [1.29, 1.82) is 0 Å². The molecule has 0 fully saturated rings. The molecule has 10 N–H and O–H groups in total. The van der Waals surface area contributed by atoms with E-state index in [1.54, 1.807) is 0 Å². The zero-order valence-corrected chi connectivity index (χ0v) is 35.9. The highest BCUT2D eigenvalue weighted by atomic mass is 16.8. The van der Waals surface area contributed by atoms with Gasteiger partial charge in [-0.1, -0.05) is 64.4 Å². The second-order valence-corrected chi connectivity index (χ2v) is 15.6. The predicted octanol–water partition coefficient (Wildman–Crippen LogP) is 0.659. The van der Waals surface area contributed by atoms with Crippen molar-refractivity contribution < 1.29 is 64.4 Å². The molecule has 1 aliphatic heterocycles. The van der Waals surface area contributed by atoms with Crippen LogP contribution in [0.4, 0.5) is 5.69 Å². The normalized spacial score (nSPS) is 17.9. The highest BCUT2D eigenvalue weighted by Gasteiger charge is 2.34. The van der Waals surface area contributed by atoms with Crippen molar-refractivity contribution in [3.63, 3.8) is 0 Å². The Morgan fingerprint density at radius 3 is 2.11 bits per heavy atom. The summed E-state index contributed by atoms with van der Waals surface area (Å²) >= 11 is 0. The van der Waals surface area contributed by atoms with Gasteiger partial charge in [-0.2, -0.15) is 5.23 Å². The molecule has 6 atom stereocenters. The van der Waals surface area contributed by atoms with Gasteiger partial charge in [0.2, 0.25) is 41.1 Å². The minimum absolute atomic E-state index is 0.0133. The van der Waals surface area contributed by atoms with Crippen LogP contribution in [0.15, 0.2) is 30.3 Å². The lowest BCUT2D eigenvalue weighted by Gasteiger charge is -2.30. The summed E-state index contributed by atoms with van der Waals surface area (Å²) in [5.74, 6) is -7.48. The van der Waals surface area contributed by atoms with E-state index in [2.05, 4.69) is 28.2 Å². The van der Waals surface area contributed by atoms with E-state index in [0.717, 1.165) is 47.6 Å². The van der Waals surface area contributed by atoms with Crippen molar-refractivity contribution in [3.05, 3.63) is 46.7 Å². The first kappa shape index (κ1) is 50.5. The minimum Gasteiger partial charge on any atom is -0.595 e. The molecule has 1 heterocycles. The van der Waals surface area contributed by atoms with Gasteiger partial charge in [0.05, 0.1) is 13.2 Å². The van der Waals surface area contributed by atoms with Crippen molar-refractivity contribution in [3.8, 4) is 22.6 Å². The second kappa shape index (κ2) is 24.0. The molecule has 0 radical (unpaired) electrons. The number of phenolic OH excluding ortho intramolecular Hbond substituents is 2. The first-order valence-corrected chi connectivity index (χ1v) is 20.8. The maximum absolute atomic E-state index is 13.9. The van der Waals surface area contributed by atoms with Crippen LogP contribution in [0, 0.1) is 5.21 Å². The number of aromatic hydroxyl groups is 2. The quantitative estimate of drug-likeness (QED) is 0.0498. The number of carbonyl (C=O) groups excluding carboxylic acids is 6. The third-order valence-electron chi connectivity index (χ3n) is 10.9. The number of carboxylic acid groups (broad SMARTS) is 1. The van der Waals surface area contributed by atoms with Gasteiger partial charge in [0.15, 0.2) is 5.75 Å². The number of rotatable bonds is 20. The van der Waals surface area contributed by atoms with E-state index in [4.69, 9.17) is 0 Å². The van der Waals surface area contributed by atoms with Crippen LogP contribution in [0.3, 0.4) is 0 Å². The number of carboxylic acids is 1. The first-order valence-electron chi connectivity index (χ1n) is 20.8. The Hall–Kier alpha value is -5.83. The number of benzene rings is 2. The van der Waals surface area contributed by atoms with Crippen molar-refractivity contribution in [2.45, 2.75) is 122 Å². The summed E-state index contributed by atoms with van der Waals surface area (Å²) in [6.07, 6.45) is 9.28. The number of carbonyl (C=O) groups is 7. The number of nitrogens with zero attached hydrogens (tertiary/aromatic N) is 2. The molecule has 2 aromatic rings. The van der Waals surface area contributed by atoms with Crippen LogP contribution >= 0.6 is 0 Å². The maximum atomic E-state index is 13.9. The standard InChI is InChI=1S/C42H61N7O13/c1-6-7-8-9-10-11-12-13-14-15-34(52)47(4)32(23-50)40(57)44-24(2)38(55)43-22-35(53)48(5)36-27-16-17-33(51)28(21-27)29-18-26(20-31(37(29)54)49(61)62)19-30(42(59)60)46-39(56)25(3)45-41(36)58/h16-18,20-21,24-25,30,32,36,49-51,54,61H,6-15,19,22-23H2,1-5H3,(H,43,55)(H,44,57)(H,45,58)(H,46,56)(H,59,60). The number of nitrogens with one attached hydrogen (secondary N) is 5. The van der Waals surface area contributed by atoms with Gasteiger partial charge in [-0.25, -0.2) is 10.0 Å². The average molecular weight is 872 g/mol. The topological polar surface area (TPSA) is 303 Å². The Labute approximate surface area is 360 Å². The van der Waals surface area contributed by atoms with E-state index in [9.17, 15) is 64.4 Å². The molecule has 6 amide bonds. The summed E-state index contributed by atoms with van der Waals surface area (Å²) < 4.78 is 0. The molecule has 0 spiro atoms. The molecule has 20 nitrogen and oxygen atoms in total. The number of amides is 6. The summed E-state index contributed by atoms with van der Waals surface area (Å²) in [7, 11) is 2.60. The van der Waals surface area contributed by atoms with Crippen molar-refractivity contribution in [2.75, 3.05) is 27.2 Å². The Morgan fingerprint density at radius 2 is 1.52 bits per heavy atom. The van der Waals surface area contributed by atoms with E-state index in [1.807, 2.05) is 0 Å². The summed E-state index contributed by atoms with van der Waals surface area (Å²) in [5.41, 5.74) is -1.01. The first-order chi connectivity index (χ1) is 29.3. The fourth-order valence-corrected chi connectivity index (χ4v) is 7.04. The molecule has 4 bridgehead atoms. The molecule has 342 valence electrons. The number of quaternary nitrogens is 1. The predicted molar refractivity (Wildman–Crippen MR) is 223 cm³/mol. The van der Waals surface area contributed by atoms with Crippen LogP contribution in [-0.4, -0.2) is 128 Å². The zero-order chi connectivity index (χ0) is 46.3. The van der Waals surface area contributed by atoms with Gasteiger partial charge < -0.3 is 56.7 Å². The molecule has 0 aromatic heterocycles. The molecule has 20 heteroatoms. The van der Waals surface area contributed by atoms with Crippen LogP contribution in [0.25, 0.3) is 11.1 Å². The summed E-state index contributed by atoms with van der Waals surface area (Å²) in [6.45, 7) is 3.33. The number of phenols is 2. The van der Waals surface area contributed by atoms with Gasteiger partial charge in [0.25, 0.3) is 0 Å². The molecule has 2 aromatic carbocycles. The number of aliphatic hydroxyl groups excluding tert-OH is 1. The summed E-state index contributed by atoms with van der Waals surface area (Å²) in [4.78, 5) is 93.9. The molecule has 6 unspecified atom stereocenters.